The quantitative estimate of drug-likeness (QED) is 0.464. The fourth-order valence-electron chi connectivity index (χ4n) is 3.79. The van der Waals surface area contributed by atoms with E-state index < -0.39 is 5.51 Å². The van der Waals surface area contributed by atoms with E-state index in [2.05, 4.69) is 32.9 Å². The monoisotopic (exact) mass is 451 g/mol. The molecule has 0 spiro atoms. The van der Waals surface area contributed by atoms with E-state index in [-0.39, 0.29) is 28.2 Å². The van der Waals surface area contributed by atoms with Gasteiger partial charge in [0.1, 0.15) is 0 Å². The fourth-order valence-corrected chi connectivity index (χ4v) is 4.41. The Morgan fingerprint density at radius 1 is 1.26 bits per heavy atom. The number of nitrogens with one attached hydrogen (secondary N) is 1. The number of nitrogens with zero attached hydrogens (tertiary/aromatic N) is 6. The molecule has 1 unspecified atom stereocenters. The van der Waals surface area contributed by atoms with Gasteiger partial charge in [0.15, 0.2) is 5.82 Å². The average molecular weight is 452 g/mol. The molecule has 3 aromatic rings. The lowest BCUT2D eigenvalue weighted by atomic mass is 10.0. The van der Waals surface area contributed by atoms with E-state index in [4.69, 9.17) is 0 Å². The maximum Gasteiger partial charge on any atom is 0.446 e. The van der Waals surface area contributed by atoms with Gasteiger partial charge in [0.05, 0.1) is 11.6 Å². The molecule has 1 N–H and O–H groups in total. The van der Waals surface area contributed by atoms with Crippen LogP contribution in [-0.4, -0.2) is 35.5 Å². The molecule has 1 saturated carbocycles. The van der Waals surface area contributed by atoms with Crippen LogP contribution < -0.4 is 5.32 Å². The van der Waals surface area contributed by atoms with Crippen molar-refractivity contribution in [1.82, 2.24) is 35.3 Å². The van der Waals surface area contributed by atoms with Gasteiger partial charge in [0, 0.05) is 30.4 Å². The summed E-state index contributed by atoms with van der Waals surface area (Å²) in [7, 11) is 0. The van der Waals surface area contributed by atoms with Crippen molar-refractivity contribution >= 4 is 11.8 Å². The molecule has 0 radical (unpaired) electrons. The maximum atomic E-state index is 12.8. The van der Waals surface area contributed by atoms with Crippen LogP contribution in [0, 0.1) is 0 Å². The summed E-state index contributed by atoms with van der Waals surface area (Å²) in [6, 6.07) is 8.16. The first kappa shape index (κ1) is 21.8. The Bertz CT molecular complexity index is 983. The number of hydrogen-bond acceptors (Lipinski definition) is 6. The van der Waals surface area contributed by atoms with Gasteiger partial charge in [-0.15, -0.1) is 5.10 Å². The Balaban J connectivity index is 1.58. The Kier molecular flexibility index (Phi) is 6.33. The van der Waals surface area contributed by atoms with E-state index in [0.717, 1.165) is 37.1 Å². The molecule has 0 amide bonds. The van der Waals surface area contributed by atoms with Crippen LogP contribution in [-0.2, 0) is 18.6 Å². The lowest BCUT2D eigenvalue weighted by Gasteiger charge is -2.28. The van der Waals surface area contributed by atoms with Crippen LogP contribution in [0.4, 0.5) is 13.2 Å². The number of thioether (sulfide) groups is 1. The summed E-state index contributed by atoms with van der Waals surface area (Å²) < 4.78 is 42.0. The zero-order valence-electron chi connectivity index (χ0n) is 17.1. The van der Waals surface area contributed by atoms with E-state index in [1.165, 1.54) is 6.07 Å². The van der Waals surface area contributed by atoms with E-state index >= 15 is 0 Å². The third-order valence-electron chi connectivity index (χ3n) is 5.44. The number of halogens is 3. The molecule has 1 aromatic carbocycles. The highest BCUT2D eigenvalue weighted by Gasteiger charge is 2.54. The first-order valence-electron chi connectivity index (χ1n) is 10.3. The van der Waals surface area contributed by atoms with Gasteiger partial charge in [0.2, 0.25) is 0 Å². The lowest BCUT2D eigenvalue weighted by molar-refractivity contribution is -0.0328. The fraction of sp³-hybridized carbons (Fsp3) is 0.500. The topological polar surface area (TPSA) is 73.5 Å². The van der Waals surface area contributed by atoms with Crippen molar-refractivity contribution in [2.24, 2.45) is 0 Å². The summed E-state index contributed by atoms with van der Waals surface area (Å²) in [5.41, 5.74) is -3.84. The average Bonchev–Trinajstić information content (AvgIpc) is 3.13. The van der Waals surface area contributed by atoms with Gasteiger partial charge in [-0.3, -0.25) is 4.68 Å². The zero-order chi connectivity index (χ0) is 21.9. The minimum atomic E-state index is -4.31. The number of aryl methyl sites for hydroxylation is 1. The van der Waals surface area contributed by atoms with E-state index in [9.17, 15) is 13.2 Å². The van der Waals surface area contributed by atoms with Crippen LogP contribution in [0.25, 0.3) is 0 Å². The van der Waals surface area contributed by atoms with Crippen LogP contribution in [0.5, 0.6) is 0 Å². The normalized spacial score (nSPS) is 16.4. The molecule has 7 nitrogen and oxygen atoms in total. The zero-order valence-corrected chi connectivity index (χ0v) is 17.9. The van der Waals surface area contributed by atoms with Gasteiger partial charge >= 0.3 is 5.51 Å². The Morgan fingerprint density at radius 2 is 2.10 bits per heavy atom. The molecule has 1 aliphatic rings. The predicted octanol–water partition coefficient (Wildman–Crippen LogP) is 4.30. The molecule has 1 aliphatic carbocycles. The highest BCUT2D eigenvalue weighted by atomic mass is 32.2. The van der Waals surface area contributed by atoms with Crippen LogP contribution in [0.3, 0.4) is 0 Å². The van der Waals surface area contributed by atoms with Gasteiger partial charge in [-0.2, -0.15) is 18.3 Å². The van der Waals surface area contributed by atoms with Crippen molar-refractivity contribution in [3.8, 4) is 0 Å². The molecule has 0 aliphatic heterocycles. The van der Waals surface area contributed by atoms with Gasteiger partial charge in [0.25, 0.3) is 0 Å². The number of tetrazole rings is 1. The number of unbranched alkanes of at least 4 members (excludes halogenated alkanes) is 1. The largest absolute Gasteiger partial charge is 0.446 e. The third-order valence-corrected chi connectivity index (χ3v) is 6.16. The molecule has 166 valence electrons. The molecule has 1 atom stereocenters. The maximum absolute atomic E-state index is 12.8. The minimum absolute atomic E-state index is 0.104. The molecule has 31 heavy (non-hydrogen) atoms. The standard InChI is InChI=1S/C20H24F3N7S/c1-2-3-11-29-18(26-27-28-29)17(19(8-9-19)30-12-5-10-25-30)24-14-15-6-4-7-16(13-15)31-20(21,22)23/h4-7,10,12-13,17,24H,2-3,8-9,11,14H2,1H3. The smallest absolute Gasteiger partial charge is 0.301 e. The Hall–Kier alpha value is -2.40. The highest BCUT2D eigenvalue weighted by Crippen LogP contribution is 2.52. The molecule has 2 heterocycles. The van der Waals surface area contributed by atoms with Crippen molar-refractivity contribution in [1.29, 1.82) is 0 Å². The van der Waals surface area contributed by atoms with E-state index in [1.807, 2.05) is 27.7 Å². The summed E-state index contributed by atoms with van der Waals surface area (Å²) in [6.45, 7) is 3.21. The van der Waals surface area contributed by atoms with Crippen molar-refractivity contribution in [3.63, 3.8) is 0 Å². The second kappa shape index (κ2) is 8.99. The van der Waals surface area contributed by atoms with Gasteiger partial charge < -0.3 is 5.32 Å². The SMILES string of the molecule is CCCCn1nnnc1C(NCc1cccc(SC(F)(F)F)c1)C1(n2cccn2)CC1. The molecule has 11 heteroatoms. The molecule has 1 fully saturated rings. The summed E-state index contributed by atoms with van der Waals surface area (Å²) in [5.74, 6) is 0.724. The lowest BCUT2D eigenvalue weighted by Crippen LogP contribution is -2.38. The highest BCUT2D eigenvalue weighted by molar-refractivity contribution is 8.00. The Morgan fingerprint density at radius 3 is 2.77 bits per heavy atom. The van der Waals surface area contributed by atoms with Crippen LogP contribution in [0.2, 0.25) is 0 Å². The van der Waals surface area contributed by atoms with Crippen molar-refractivity contribution in [3.05, 3.63) is 54.1 Å². The van der Waals surface area contributed by atoms with Crippen LogP contribution >= 0.6 is 11.8 Å². The van der Waals surface area contributed by atoms with Crippen molar-refractivity contribution in [2.45, 2.75) is 67.7 Å². The number of aromatic nitrogens is 6. The minimum Gasteiger partial charge on any atom is -0.301 e. The first-order chi connectivity index (χ1) is 14.9. The van der Waals surface area contributed by atoms with Crippen LogP contribution in [0.15, 0.2) is 47.6 Å². The van der Waals surface area contributed by atoms with E-state index in [1.54, 1.807) is 18.3 Å². The molecule has 0 saturated heterocycles. The van der Waals surface area contributed by atoms with Gasteiger partial charge in [-0.25, -0.2) is 4.68 Å². The summed E-state index contributed by atoms with van der Waals surface area (Å²) in [6.07, 6.45) is 7.48. The summed E-state index contributed by atoms with van der Waals surface area (Å²) in [5, 5.41) is 20.3. The van der Waals surface area contributed by atoms with Crippen molar-refractivity contribution < 1.29 is 13.2 Å². The van der Waals surface area contributed by atoms with Gasteiger partial charge in [-0.1, -0.05) is 25.5 Å². The molecule has 4 rings (SSSR count). The predicted molar refractivity (Wildman–Crippen MR) is 110 cm³/mol. The summed E-state index contributed by atoms with van der Waals surface area (Å²) >= 11 is -0.104. The second-order valence-electron chi connectivity index (χ2n) is 7.68. The summed E-state index contributed by atoms with van der Waals surface area (Å²) in [4.78, 5) is 0.171. The second-order valence-corrected chi connectivity index (χ2v) is 8.82. The van der Waals surface area contributed by atoms with Crippen molar-refractivity contribution in [2.75, 3.05) is 0 Å². The number of rotatable bonds is 10. The molecular formula is C20H24F3N7S. The van der Waals surface area contributed by atoms with Gasteiger partial charge in [-0.05, 0) is 65.2 Å². The molecular weight excluding hydrogens is 427 g/mol. The molecule has 0 bridgehead atoms. The Labute approximate surface area is 182 Å². The number of alkyl halides is 3. The number of hydrogen-bond donors (Lipinski definition) is 1. The third kappa shape index (κ3) is 5.09. The van der Waals surface area contributed by atoms with Crippen LogP contribution in [0.1, 0.15) is 50.0 Å². The first-order valence-corrected chi connectivity index (χ1v) is 11.1. The van der Waals surface area contributed by atoms with E-state index in [0.29, 0.717) is 13.1 Å². The number of benzene rings is 1. The molecule has 2 aromatic heterocycles.